The number of hydrogen-bond donors (Lipinski definition) is 1. The Morgan fingerprint density at radius 3 is 2.71 bits per heavy atom. The van der Waals surface area contributed by atoms with E-state index in [-0.39, 0.29) is 12.4 Å². The highest BCUT2D eigenvalue weighted by Crippen LogP contribution is 2.21. The molecule has 1 aromatic carbocycles. The highest BCUT2D eigenvalue weighted by molar-refractivity contribution is 5.85. The van der Waals surface area contributed by atoms with Gasteiger partial charge in [0.25, 0.3) is 0 Å². The van der Waals surface area contributed by atoms with Crippen molar-refractivity contribution in [2.45, 2.75) is 0 Å². The lowest BCUT2D eigenvalue weighted by molar-refractivity contribution is 0.589. The number of anilines is 1. The first kappa shape index (κ1) is 12.1. The van der Waals surface area contributed by atoms with Gasteiger partial charge in [0.1, 0.15) is 0 Å². The number of hydrogen-bond acceptors (Lipinski definition) is 3. The van der Waals surface area contributed by atoms with Crippen molar-refractivity contribution in [1.82, 2.24) is 10.3 Å². The molecule has 0 atom stereocenters. The minimum atomic E-state index is 0. The van der Waals surface area contributed by atoms with Gasteiger partial charge in [-0.1, -0.05) is 6.07 Å². The van der Waals surface area contributed by atoms with E-state index in [1.165, 1.54) is 16.5 Å². The van der Waals surface area contributed by atoms with Crippen LogP contribution < -0.4 is 10.2 Å². The number of aromatic nitrogens is 1. The fourth-order valence-electron chi connectivity index (χ4n) is 2.19. The topological polar surface area (TPSA) is 28.2 Å². The minimum Gasteiger partial charge on any atom is -0.369 e. The third-order valence-corrected chi connectivity index (χ3v) is 3.11. The summed E-state index contributed by atoms with van der Waals surface area (Å²) in [6.45, 7) is 4.33. The third kappa shape index (κ3) is 2.51. The van der Waals surface area contributed by atoms with Crippen molar-refractivity contribution in [1.29, 1.82) is 0 Å². The molecule has 0 bridgehead atoms. The first-order chi connectivity index (χ1) is 7.93. The molecule has 4 heteroatoms. The molecule has 1 N–H and O–H groups in total. The molecule has 0 saturated carbocycles. The number of benzene rings is 1. The van der Waals surface area contributed by atoms with Crippen molar-refractivity contribution in [2.24, 2.45) is 0 Å². The Balaban J connectivity index is 0.00000108. The van der Waals surface area contributed by atoms with Crippen LogP contribution in [0.15, 0.2) is 36.7 Å². The summed E-state index contributed by atoms with van der Waals surface area (Å²) in [6, 6.07) is 8.66. The van der Waals surface area contributed by atoms with Crippen molar-refractivity contribution in [3.05, 3.63) is 36.7 Å². The lowest BCUT2D eigenvalue weighted by Gasteiger charge is -2.29. The van der Waals surface area contributed by atoms with E-state index in [2.05, 4.69) is 39.5 Å². The molecule has 0 radical (unpaired) electrons. The standard InChI is InChI=1S/C13H15N3.ClH/c1-2-13(16-7-5-14-6-8-16)9-12-10-15-4-3-11(1)12;/h1-4,9-10,14H,5-8H2;1H. The molecule has 0 aliphatic carbocycles. The van der Waals surface area contributed by atoms with Crippen LogP contribution in [-0.4, -0.2) is 31.2 Å². The zero-order valence-corrected chi connectivity index (χ0v) is 10.4. The van der Waals surface area contributed by atoms with E-state index < -0.39 is 0 Å². The molecular weight excluding hydrogens is 234 g/mol. The SMILES string of the molecule is Cl.c1cc2ccc(N3CCNCC3)cc2cn1. The van der Waals surface area contributed by atoms with Crippen LogP contribution in [-0.2, 0) is 0 Å². The Morgan fingerprint density at radius 2 is 1.88 bits per heavy atom. The average Bonchev–Trinajstić information content (AvgIpc) is 2.39. The second-order valence-corrected chi connectivity index (χ2v) is 4.14. The molecule has 1 aliphatic rings. The van der Waals surface area contributed by atoms with Gasteiger partial charge in [0.15, 0.2) is 0 Å². The van der Waals surface area contributed by atoms with Crippen LogP contribution in [0.3, 0.4) is 0 Å². The minimum absolute atomic E-state index is 0. The summed E-state index contributed by atoms with van der Waals surface area (Å²) >= 11 is 0. The summed E-state index contributed by atoms with van der Waals surface area (Å²) in [7, 11) is 0. The molecule has 1 fully saturated rings. The number of nitrogens with one attached hydrogen (secondary N) is 1. The summed E-state index contributed by atoms with van der Waals surface area (Å²) in [5.41, 5.74) is 1.31. The summed E-state index contributed by atoms with van der Waals surface area (Å²) in [6.07, 6.45) is 3.77. The Kier molecular flexibility index (Phi) is 3.82. The molecule has 1 aromatic heterocycles. The summed E-state index contributed by atoms with van der Waals surface area (Å²) < 4.78 is 0. The van der Waals surface area contributed by atoms with E-state index >= 15 is 0 Å². The maximum atomic E-state index is 4.17. The van der Waals surface area contributed by atoms with Crippen LogP contribution in [0.25, 0.3) is 10.8 Å². The molecular formula is C13H16ClN3. The Hall–Kier alpha value is -1.32. The average molecular weight is 250 g/mol. The van der Waals surface area contributed by atoms with Gasteiger partial charge in [-0.25, -0.2) is 0 Å². The maximum Gasteiger partial charge on any atom is 0.0374 e. The van der Waals surface area contributed by atoms with Gasteiger partial charge >= 0.3 is 0 Å². The van der Waals surface area contributed by atoms with Gasteiger partial charge in [-0.15, -0.1) is 12.4 Å². The van der Waals surface area contributed by atoms with Crippen molar-refractivity contribution in [3.63, 3.8) is 0 Å². The lowest BCUT2D eigenvalue weighted by atomic mass is 10.1. The van der Waals surface area contributed by atoms with Gasteiger partial charge in [0.05, 0.1) is 0 Å². The van der Waals surface area contributed by atoms with E-state index in [0.29, 0.717) is 0 Å². The van der Waals surface area contributed by atoms with Gasteiger partial charge < -0.3 is 10.2 Å². The highest BCUT2D eigenvalue weighted by atomic mass is 35.5. The van der Waals surface area contributed by atoms with Gasteiger partial charge in [0.2, 0.25) is 0 Å². The largest absolute Gasteiger partial charge is 0.369 e. The quantitative estimate of drug-likeness (QED) is 0.839. The van der Waals surface area contributed by atoms with Crippen LogP contribution in [0, 0.1) is 0 Å². The molecule has 17 heavy (non-hydrogen) atoms. The van der Waals surface area contributed by atoms with Crippen LogP contribution >= 0.6 is 12.4 Å². The van der Waals surface area contributed by atoms with Gasteiger partial charge in [-0.3, -0.25) is 4.98 Å². The number of pyridine rings is 1. The molecule has 1 saturated heterocycles. The molecule has 90 valence electrons. The van der Waals surface area contributed by atoms with Gasteiger partial charge in [-0.05, 0) is 23.6 Å². The number of fused-ring (bicyclic) bond motifs is 1. The fraction of sp³-hybridized carbons (Fsp3) is 0.308. The maximum absolute atomic E-state index is 4.17. The van der Waals surface area contributed by atoms with Crippen LogP contribution in [0.1, 0.15) is 0 Å². The monoisotopic (exact) mass is 249 g/mol. The van der Waals surface area contributed by atoms with Crippen LogP contribution in [0.4, 0.5) is 5.69 Å². The van der Waals surface area contributed by atoms with E-state index in [4.69, 9.17) is 0 Å². The lowest BCUT2D eigenvalue weighted by Crippen LogP contribution is -2.43. The van der Waals surface area contributed by atoms with E-state index in [1.807, 2.05) is 12.4 Å². The second-order valence-electron chi connectivity index (χ2n) is 4.14. The predicted octanol–water partition coefficient (Wildman–Crippen LogP) is 2.07. The molecule has 3 nitrogen and oxygen atoms in total. The number of halogens is 1. The summed E-state index contributed by atoms with van der Waals surface area (Å²) in [5.74, 6) is 0. The molecule has 3 rings (SSSR count). The molecule has 0 spiro atoms. The highest BCUT2D eigenvalue weighted by Gasteiger charge is 2.10. The first-order valence-electron chi connectivity index (χ1n) is 5.73. The molecule has 0 unspecified atom stereocenters. The summed E-state index contributed by atoms with van der Waals surface area (Å²) in [4.78, 5) is 6.59. The fourth-order valence-corrected chi connectivity index (χ4v) is 2.19. The van der Waals surface area contributed by atoms with Crippen molar-refractivity contribution in [3.8, 4) is 0 Å². The zero-order chi connectivity index (χ0) is 10.8. The molecule has 1 aliphatic heterocycles. The van der Waals surface area contributed by atoms with Gasteiger partial charge in [-0.2, -0.15) is 0 Å². The van der Waals surface area contributed by atoms with Crippen molar-refractivity contribution >= 4 is 28.9 Å². The number of rotatable bonds is 1. The zero-order valence-electron chi connectivity index (χ0n) is 9.60. The summed E-state index contributed by atoms with van der Waals surface area (Å²) in [5, 5.41) is 5.85. The number of nitrogens with zero attached hydrogens (tertiary/aromatic N) is 2. The van der Waals surface area contributed by atoms with Crippen LogP contribution in [0.2, 0.25) is 0 Å². The Bertz CT molecular complexity index is 495. The van der Waals surface area contributed by atoms with Crippen molar-refractivity contribution in [2.75, 3.05) is 31.1 Å². The predicted molar refractivity (Wildman–Crippen MR) is 74.1 cm³/mol. The van der Waals surface area contributed by atoms with Crippen molar-refractivity contribution < 1.29 is 0 Å². The van der Waals surface area contributed by atoms with Gasteiger partial charge in [0, 0.05) is 49.6 Å². The Labute approximate surface area is 107 Å². The van der Waals surface area contributed by atoms with Crippen LogP contribution in [0.5, 0.6) is 0 Å². The molecule has 2 aromatic rings. The Morgan fingerprint density at radius 1 is 1.06 bits per heavy atom. The smallest absolute Gasteiger partial charge is 0.0374 e. The number of piperazine rings is 1. The third-order valence-electron chi connectivity index (χ3n) is 3.11. The van der Waals surface area contributed by atoms with E-state index in [9.17, 15) is 0 Å². The van der Waals surface area contributed by atoms with E-state index in [1.54, 1.807) is 0 Å². The molecule has 2 heterocycles. The second kappa shape index (κ2) is 5.34. The molecule has 0 amide bonds. The first-order valence-corrected chi connectivity index (χ1v) is 5.73. The normalized spacial score (nSPS) is 15.6. The van der Waals surface area contributed by atoms with E-state index in [0.717, 1.165) is 26.2 Å².